The van der Waals surface area contributed by atoms with Gasteiger partial charge in [0.05, 0.1) is 13.2 Å². The third kappa shape index (κ3) is 3.31. The smallest absolute Gasteiger partial charge is 0.244 e. The van der Waals surface area contributed by atoms with Crippen molar-refractivity contribution in [3.8, 4) is 5.75 Å². The minimum Gasteiger partial charge on any atom is -0.495 e. The summed E-state index contributed by atoms with van der Waals surface area (Å²) >= 11 is 0. The van der Waals surface area contributed by atoms with Crippen molar-refractivity contribution in [3.05, 3.63) is 23.3 Å². The molecule has 0 spiro atoms. The van der Waals surface area contributed by atoms with Gasteiger partial charge in [-0.15, -0.1) is 0 Å². The minimum absolute atomic E-state index is 0.0256. The van der Waals surface area contributed by atoms with Crippen LogP contribution < -0.4 is 9.46 Å². The van der Waals surface area contributed by atoms with Crippen LogP contribution in [0.3, 0.4) is 0 Å². The van der Waals surface area contributed by atoms with Crippen LogP contribution in [0.25, 0.3) is 0 Å². The lowest BCUT2D eigenvalue weighted by Crippen LogP contribution is -2.32. The van der Waals surface area contributed by atoms with E-state index in [0.717, 1.165) is 24.0 Å². The van der Waals surface area contributed by atoms with Crippen molar-refractivity contribution in [2.45, 2.75) is 37.7 Å². The van der Waals surface area contributed by atoms with Gasteiger partial charge < -0.3 is 9.47 Å². The molecule has 1 heterocycles. The Kier molecular flexibility index (Phi) is 4.67. The normalized spacial score (nSPS) is 19.2. The van der Waals surface area contributed by atoms with Gasteiger partial charge in [0.2, 0.25) is 10.0 Å². The Bertz CT molecular complexity index is 577. The van der Waals surface area contributed by atoms with E-state index in [9.17, 15) is 8.42 Å². The monoisotopic (exact) mass is 299 g/mol. The highest BCUT2D eigenvalue weighted by Gasteiger charge is 2.23. The van der Waals surface area contributed by atoms with Crippen molar-refractivity contribution in [3.63, 3.8) is 0 Å². The fraction of sp³-hybridized carbons (Fsp3) is 0.571. The Balaban J connectivity index is 2.21. The Hall–Kier alpha value is -1.11. The highest BCUT2D eigenvalue weighted by molar-refractivity contribution is 7.89. The molecule has 1 fully saturated rings. The number of sulfonamides is 1. The molecule has 1 aromatic rings. The predicted octanol–water partition coefficient (Wildman–Crippen LogP) is 1.77. The highest BCUT2D eigenvalue weighted by Crippen LogP contribution is 2.27. The van der Waals surface area contributed by atoms with Gasteiger partial charge in [-0.2, -0.15) is 0 Å². The molecule has 0 aromatic heterocycles. The predicted molar refractivity (Wildman–Crippen MR) is 76.6 cm³/mol. The topological polar surface area (TPSA) is 64.6 Å². The van der Waals surface area contributed by atoms with E-state index in [4.69, 9.17) is 9.47 Å². The Morgan fingerprint density at radius 1 is 1.35 bits per heavy atom. The first kappa shape index (κ1) is 15.3. The second kappa shape index (κ2) is 6.11. The molecule has 5 nitrogen and oxygen atoms in total. The van der Waals surface area contributed by atoms with E-state index in [0.29, 0.717) is 18.9 Å². The van der Waals surface area contributed by atoms with Gasteiger partial charge in [-0.1, -0.05) is 0 Å². The van der Waals surface area contributed by atoms with E-state index in [1.165, 1.54) is 7.11 Å². The molecule has 6 heteroatoms. The second-order valence-corrected chi connectivity index (χ2v) is 6.81. The summed E-state index contributed by atoms with van der Waals surface area (Å²) in [6.45, 7) is 4.82. The van der Waals surface area contributed by atoms with Crippen molar-refractivity contribution in [1.82, 2.24) is 4.72 Å². The van der Waals surface area contributed by atoms with Gasteiger partial charge in [0.15, 0.2) is 0 Å². The minimum atomic E-state index is -3.58. The molecule has 1 aliphatic heterocycles. The number of nitrogens with one attached hydrogen (secondary N) is 1. The maximum Gasteiger partial charge on any atom is 0.244 e. The molecule has 1 aromatic carbocycles. The summed E-state index contributed by atoms with van der Waals surface area (Å²) in [6, 6.07) is 3.39. The number of aryl methyl sites for hydroxylation is 2. The lowest BCUT2D eigenvalue weighted by molar-refractivity contribution is 0.114. The van der Waals surface area contributed by atoms with Crippen LogP contribution in [-0.2, 0) is 14.8 Å². The first-order valence-corrected chi connectivity index (χ1v) is 8.19. The number of hydrogen-bond donors (Lipinski definition) is 1. The van der Waals surface area contributed by atoms with Crippen molar-refractivity contribution < 1.29 is 17.9 Å². The molecule has 20 heavy (non-hydrogen) atoms. The summed E-state index contributed by atoms with van der Waals surface area (Å²) in [7, 11) is -2.11. The van der Waals surface area contributed by atoms with Crippen LogP contribution in [0.4, 0.5) is 0 Å². The number of hydrogen-bond acceptors (Lipinski definition) is 4. The lowest BCUT2D eigenvalue weighted by atomic mass is 10.1. The molecule has 0 saturated carbocycles. The Morgan fingerprint density at radius 3 is 2.65 bits per heavy atom. The van der Waals surface area contributed by atoms with Crippen LogP contribution in [0, 0.1) is 13.8 Å². The molecule has 1 saturated heterocycles. The number of rotatable bonds is 5. The fourth-order valence-corrected chi connectivity index (χ4v) is 3.52. The molecule has 2 rings (SSSR count). The van der Waals surface area contributed by atoms with E-state index in [2.05, 4.69) is 4.72 Å². The molecular weight excluding hydrogens is 278 g/mol. The quantitative estimate of drug-likeness (QED) is 0.900. The lowest BCUT2D eigenvalue weighted by Gasteiger charge is -2.15. The Labute approximate surface area is 120 Å². The van der Waals surface area contributed by atoms with Crippen molar-refractivity contribution >= 4 is 10.0 Å². The zero-order valence-corrected chi connectivity index (χ0v) is 12.9. The van der Waals surface area contributed by atoms with Gasteiger partial charge in [0, 0.05) is 13.2 Å². The van der Waals surface area contributed by atoms with E-state index in [1.807, 2.05) is 13.8 Å². The number of benzene rings is 1. The fourth-order valence-electron chi connectivity index (χ4n) is 2.22. The summed E-state index contributed by atoms with van der Waals surface area (Å²) in [6.07, 6.45) is 1.86. The maximum atomic E-state index is 12.4. The molecule has 0 bridgehead atoms. The van der Waals surface area contributed by atoms with Gasteiger partial charge >= 0.3 is 0 Å². The van der Waals surface area contributed by atoms with Crippen LogP contribution in [0.1, 0.15) is 24.0 Å². The third-order valence-electron chi connectivity index (χ3n) is 3.59. The molecule has 1 aliphatic rings. The number of ether oxygens (including phenoxy) is 2. The molecule has 112 valence electrons. The van der Waals surface area contributed by atoms with Gasteiger partial charge in [-0.05, 0) is 49.9 Å². The van der Waals surface area contributed by atoms with Crippen molar-refractivity contribution in [2.24, 2.45) is 0 Å². The van der Waals surface area contributed by atoms with Gasteiger partial charge in [0.25, 0.3) is 0 Å². The summed E-state index contributed by atoms with van der Waals surface area (Å²) in [4.78, 5) is 0.182. The van der Waals surface area contributed by atoms with Gasteiger partial charge in [-0.3, -0.25) is 0 Å². The average molecular weight is 299 g/mol. The molecule has 0 amide bonds. The standard InChI is InChI=1S/C14H21NO4S/c1-10-7-13(18-3)14(8-11(10)2)20(16,17)15-9-12-5-4-6-19-12/h7-8,12,15H,4-6,9H2,1-3H3. The zero-order valence-electron chi connectivity index (χ0n) is 12.1. The van der Waals surface area contributed by atoms with E-state index >= 15 is 0 Å². The summed E-state index contributed by atoms with van der Waals surface area (Å²) in [5.74, 6) is 0.368. The average Bonchev–Trinajstić information content (AvgIpc) is 2.92. The SMILES string of the molecule is COc1cc(C)c(C)cc1S(=O)(=O)NCC1CCCO1. The largest absolute Gasteiger partial charge is 0.495 e. The first-order chi connectivity index (χ1) is 9.44. The van der Waals surface area contributed by atoms with Crippen LogP contribution in [-0.4, -0.2) is 34.8 Å². The molecule has 1 atom stereocenters. The molecular formula is C14H21NO4S. The van der Waals surface area contributed by atoms with E-state index in [1.54, 1.807) is 12.1 Å². The third-order valence-corrected chi connectivity index (χ3v) is 5.04. The first-order valence-electron chi connectivity index (χ1n) is 6.70. The molecule has 1 unspecified atom stereocenters. The van der Waals surface area contributed by atoms with E-state index in [-0.39, 0.29) is 11.0 Å². The zero-order chi connectivity index (χ0) is 14.8. The second-order valence-electron chi connectivity index (χ2n) is 5.07. The summed E-state index contributed by atoms with van der Waals surface area (Å²) in [5, 5.41) is 0. The van der Waals surface area contributed by atoms with E-state index < -0.39 is 10.0 Å². The maximum absolute atomic E-state index is 12.4. The summed E-state index contributed by atoms with van der Waals surface area (Å²) < 4.78 is 38.0. The molecule has 0 radical (unpaired) electrons. The van der Waals surface area contributed by atoms with Crippen molar-refractivity contribution in [2.75, 3.05) is 20.3 Å². The molecule has 1 N–H and O–H groups in total. The van der Waals surface area contributed by atoms with Crippen LogP contribution in [0.2, 0.25) is 0 Å². The van der Waals surface area contributed by atoms with Gasteiger partial charge in [-0.25, -0.2) is 13.1 Å². The molecule has 0 aliphatic carbocycles. The number of methoxy groups -OCH3 is 1. The van der Waals surface area contributed by atoms with Crippen LogP contribution in [0.5, 0.6) is 5.75 Å². The Morgan fingerprint density at radius 2 is 2.05 bits per heavy atom. The van der Waals surface area contributed by atoms with Gasteiger partial charge in [0.1, 0.15) is 10.6 Å². The highest BCUT2D eigenvalue weighted by atomic mass is 32.2. The van der Waals surface area contributed by atoms with Crippen LogP contribution >= 0.6 is 0 Å². The summed E-state index contributed by atoms with van der Waals surface area (Å²) in [5.41, 5.74) is 1.92. The van der Waals surface area contributed by atoms with Crippen LogP contribution in [0.15, 0.2) is 17.0 Å². The van der Waals surface area contributed by atoms with Crippen molar-refractivity contribution in [1.29, 1.82) is 0 Å².